The fraction of sp³-hybridized carbons (Fsp3) is 0.417. The summed E-state index contributed by atoms with van der Waals surface area (Å²) in [7, 11) is 0. The Balaban J connectivity index is 2.82. The van der Waals surface area contributed by atoms with Crippen LogP contribution in [0.1, 0.15) is 30.0 Å². The highest BCUT2D eigenvalue weighted by Gasteiger charge is 2.03. The highest BCUT2D eigenvalue weighted by atomic mass is 16.4. The molecule has 2 heteroatoms. The third-order valence-corrected chi connectivity index (χ3v) is 2.35. The Labute approximate surface area is 84.6 Å². The zero-order valence-corrected chi connectivity index (χ0v) is 8.71. The first-order chi connectivity index (χ1) is 6.63. The molecule has 1 rings (SSSR count). The number of carboxylic acids is 1. The highest BCUT2D eigenvalue weighted by Crippen LogP contribution is 2.14. The summed E-state index contributed by atoms with van der Waals surface area (Å²) in [6.45, 7) is 4.12. The molecule has 76 valence electrons. The Hall–Kier alpha value is -1.31. The topological polar surface area (TPSA) is 37.3 Å². The minimum Gasteiger partial charge on any atom is -0.481 e. The molecule has 0 fully saturated rings. The van der Waals surface area contributed by atoms with Crippen LogP contribution in [0.15, 0.2) is 18.2 Å². The molecule has 0 aromatic heterocycles. The number of aliphatic carboxylic acids is 1. The van der Waals surface area contributed by atoms with Crippen LogP contribution in [0.5, 0.6) is 0 Å². The Morgan fingerprint density at radius 2 is 2.07 bits per heavy atom. The van der Waals surface area contributed by atoms with Crippen LogP contribution < -0.4 is 0 Å². The highest BCUT2D eigenvalue weighted by molar-refractivity contribution is 5.67. The number of carboxylic acid groups (broad SMARTS) is 1. The monoisotopic (exact) mass is 192 g/mol. The van der Waals surface area contributed by atoms with Crippen molar-refractivity contribution in [2.75, 3.05) is 0 Å². The Morgan fingerprint density at radius 1 is 1.36 bits per heavy atom. The number of rotatable bonds is 4. The predicted octanol–water partition coefficient (Wildman–Crippen LogP) is 2.57. The number of aryl methyl sites for hydroxylation is 3. The minimum atomic E-state index is -0.728. The van der Waals surface area contributed by atoms with Crippen molar-refractivity contribution in [2.24, 2.45) is 0 Å². The number of carbonyl (C=O) groups is 1. The summed E-state index contributed by atoms with van der Waals surface area (Å²) >= 11 is 0. The predicted molar refractivity (Wildman–Crippen MR) is 56.5 cm³/mol. The molecule has 0 unspecified atom stereocenters. The van der Waals surface area contributed by atoms with E-state index in [1.165, 1.54) is 16.7 Å². The van der Waals surface area contributed by atoms with Crippen LogP contribution in [0.3, 0.4) is 0 Å². The fourth-order valence-corrected chi connectivity index (χ4v) is 1.57. The molecule has 1 aromatic rings. The Bertz CT molecular complexity index is 329. The zero-order chi connectivity index (χ0) is 10.6. The molecular formula is C12H16O2. The second kappa shape index (κ2) is 4.80. The van der Waals surface area contributed by atoms with E-state index < -0.39 is 5.97 Å². The van der Waals surface area contributed by atoms with Gasteiger partial charge in [-0.1, -0.05) is 30.7 Å². The summed E-state index contributed by atoms with van der Waals surface area (Å²) in [5.41, 5.74) is 3.63. The number of hydrogen-bond donors (Lipinski definition) is 1. The normalized spacial score (nSPS) is 10.1. The molecule has 1 aromatic carbocycles. The molecule has 0 spiro atoms. The van der Waals surface area contributed by atoms with Crippen LogP contribution in [-0.4, -0.2) is 11.1 Å². The summed E-state index contributed by atoms with van der Waals surface area (Å²) in [4.78, 5) is 10.5. The van der Waals surface area contributed by atoms with Gasteiger partial charge in [-0.2, -0.15) is 0 Å². The average molecular weight is 192 g/mol. The van der Waals surface area contributed by atoms with Gasteiger partial charge in [0.2, 0.25) is 0 Å². The van der Waals surface area contributed by atoms with E-state index in [1.54, 1.807) is 0 Å². The third-order valence-electron chi connectivity index (χ3n) is 2.35. The van der Waals surface area contributed by atoms with Crippen molar-refractivity contribution in [3.8, 4) is 0 Å². The second-order valence-corrected chi connectivity index (χ2v) is 3.52. The molecule has 0 radical (unpaired) electrons. The maximum absolute atomic E-state index is 10.5. The van der Waals surface area contributed by atoms with E-state index in [9.17, 15) is 4.79 Å². The Kier molecular flexibility index (Phi) is 3.69. The van der Waals surface area contributed by atoms with Gasteiger partial charge in [0.05, 0.1) is 0 Å². The lowest BCUT2D eigenvalue weighted by Gasteiger charge is -2.07. The number of hydrogen-bond acceptors (Lipinski definition) is 1. The van der Waals surface area contributed by atoms with Crippen molar-refractivity contribution in [1.29, 1.82) is 0 Å². The van der Waals surface area contributed by atoms with Gasteiger partial charge in [0, 0.05) is 6.42 Å². The van der Waals surface area contributed by atoms with Gasteiger partial charge >= 0.3 is 5.97 Å². The Morgan fingerprint density at radius 3 is 2.64 bits per heavy atom. The summed E-state index contributed by atoms with van der Waals surface area (Å²) in [6, 6.07) is 6.25. The molecular weight excluding hydrogens is 176 g/mol. The molecule has 0 saturated carbocycles. The van der Waals surface area contributed by atoms with Crippen LogP contribution >= 0.6 is 0 Å². The first-order valence-corrected chi connectivity index (χ1v) is 4.93. The molecule has 0 amide bonds. The molecule has 0 aliphatic rings. The SMILES string of the molecule is CCc1ccc(C)cc1CCC(=O)O. The molecule has 1 N–H and O–H groups in total. The van der Waals surface area contributed by atoms with Gasteiger partial charge in [-0.3, -0.25) is 4.79 Å². The molecule has 0 heterocycles. The van der Waals surface area contributed by atoms with Gasteiger partial charge in [0.15, 0.2) is 0 Å². The van der Waals surface area contributed by atoms with Crippen molar-refractivity contribution >= 4 is 5.97 Å². The summed E-state index contributed by atoms with van der Waals surface area (Å²) < 4.78 is 0. The first-order valence-electron chi connectivity index (χ1n) is 4.93. The van der Waals surface area contributed by atoms with Gasteiger partial charge < -0.3 is 5.11 Å². The van der Waals surface area contributed by atoms with Crippen molar-refractivity contribution < 1.29 is 9.90 Å². The molecule has 0 aliphatic carbocycles. The zero-order valence-electron chi connectivity index (χ0n) is 8.71. The quantitative estimate of drug-likeness (QED) is 0.796. The largest absolute Gasteiger partial charge is 0.481 e. The first kappa shape index (κ1) is 10.8. The van der Waals surface area contributed by atoms with Gasteiger partial charge in [-0.15, -0.1) is 0 Å². The molecule has 2 nitrogen and oxygen atoms in total. The van der Waals surface area contributed by atoms with Crippen molar-refractivity contribution in [3.63, 3.8) is 0 Å². The standard InChI is InChI=1S/C12H16O2/c1-3-10-5-4-9(2)8-11(10)6-7-12(13)14/h4-5,8H,3,6-7H2,1-2H3,(H,13,14). The van der Waals surface area contributed by atoms with Crippen LogP contribution in [0.2, 0.25) is 0 Å². The van der Waals surface area contributed by atoms with E-state index in [0.29, 0.717) is 6.42 Å². The summed E-state index contributed by atoms with van der Waals surface area (Å²) in [5.74, 6) is -0.728. The van der Waals surface area contributed by atoms with E-state index in [2.05, 4.69) is 25.1 Å². The summed E-state index contributed by atoms with van der Waals surface area (Å²) in [6.07, 6.45) is 1.83. The summed E-state index contributed by atoms with van der Waals surface area (Å²) in [5, 5.41) is 8.61. The maximum Gasteiger partial charge on any atom is 0.303 e. The van der Waals surface area contributed by atoms with Crippen LogP contribution in [0.25, 0.3) is 0 Å². The minimum absolute atomic E-state index is 0.219. The second-order valence-electron chi connectivity index (χ2n) is 3.52. The van der Waals surface area contributed by atoms with Crippen LogP contribution in [0.4, 0.5) is 0 Å². The van der Waals surface area contributed by atoms with Crippen LogP contribution in [0, 0.1) is 6.92 Å². The lowest BCUT2D eigenvalue weighted by molar-refractivity contribution is -0.136. The molecule has 0 aliphatic heterocycles. The van der Waals surface area contributed by atoms with E-state index in [1.807, 2.05) is 6.92 Å². The van der Waals surface area contributed by atoms with Gasteiger partial charge in [-0.05, 0) is 30.9 Å². The van der Waals surface area contributed by atoms with Crippen molar-refractivity contribution in [3.05, 3.63) is 34.9 Å². The molecule has 0 saturated heterocycles. The lowest BCUT2D eigenvalue weighted by Crippen LogP contribution is -2.00. The molecule has 0 atom stereocenters. The molecule has 14 heavy (non-hydrogen) atoms. The number of benzene rings is 1. The van der Waals surface area contributed by atoms with E-state index in [4.69, 9.17) is 5.11 Å². The van der Waals surface area contributed by atoms with Crippen LogP contribution in [-0.2, 0) is 17.6 Å². The van der Waals surface area contributed by atoms with Gasteiger partial charge in [0.25, 0.3) is 0 Å². The van der Waals surface area contributed by atoms with E-state index >= 15 is 0 Å². The molecule has 0 bridgehead atoms. The third kappa shape index (κ3) is 2.87. The van der Waals surface area contributed by atoms with Gasteiger partial charge in [0.1, 0.15) is 0 Å². The lowest BCUT2D eigenvalue weighted by atomic mass is 9.99. The van der Waals surface area contributed by atoms with Crippen molar-refractivity contribution in [2.45, 2.75) is 33.1 Å². The van der Waals surface area contributed by atoms with Gasteiger partial charge in [-0.25, -0.2) is 0 Å². The van der Waals surface area contributed by atoms with Crippen molar-refractivity contribution in [1.82, 2.24) is 0 Å². The smallest absolute Gasteiger partial charge is 0.303 e. The fourth-order valence-electron chi connectivity index (χ4n) is 1.57. The average Bonchev–Trinajstić information content (AvgIpc) is 2.15. The maximum atomic E-state index is 10.5. The van der Waals surface area contributed by atoms with E-state index in [0.717, 1.165) is 6.42 Å². The van der Waals surface area contributed by atoms with E-state index in [-0.39, 0.29) is 6.42 Å².